The van der Waals surface area contributed by atoms with Gasteiger partial charge in [0.05, 0.1) is 16.7 Å². The summed E-state index contributed by atoms with van der Waals surface area (Å²) >= 11 is 4.99. The summed E-state index contributed by atoms with van der Waals surface area (Å²) in [7, 11) is 0. The van der Waals surface area contributed by atoms with Gasteiger partial charge in [0.2, 0.25) is 0 Å². The number of halogens is 1. The van der Waals surface area contributed by atoms with Crippen LogP contribution in [0.3, 0.4) is 0 Å². The van der Waals surface area contributed by atoms with Crippen molar-refractivity contribution in [3.63, 3.8) is 0 Å². The quantitative estimate of drug-likeness (QED) is 0.853. The fourth-order valence-electron chi connectivity index (χ4n) is 1.87. The number of anilines is 1. The molecule has 3 rings (SSSR count). The molecule has 1 amide bonds. The van der Waals surface area contributed by atoms with Crippen LogP contribution in [0.5, 0.6) is 5.75 Å². The monoisotopic (exact) mass is 338 g/mol. The number of rotatable bonds is 2. The molecule has 1 aliphatic rings. The second-order valence-corrected chi connectivity index (χ2v) is 5.72. The number of nitrogens with one attached hydrogen (secondary N) is 1. The van der Waals surface area contributed by atoms with Crippen LogP contribution in [0, 0.1) is 0 Å². The number of aromatic nitrogens is 1. The second kappa shape index (κ2) is 4.94. The van der Waals surface area contributed by atoms with Gasteiger partial charge in [0.25, 0.3) is 5.91 Å². The SMILES string of the molecule is CC1Oc2ccc(-c3csc(CBr)n3)cc2NC1=O. The standard InChI is InChI=1S/C13H11BrN2O2S/c1-7-13(17)16-9-4-8(2-3-11(9)18-7)10-6-19-12(5-14)15-10/h2-4,6-7H,5H2,1H3,(H,16,17). The van der Waals surface area contributed by atoms with Crippen molar-refractivity contribution < 1.29 is 9.53 Å². The van der Waals surface area contributed by atoms with E-state index >= 15 is 0 Å². The molecular formula is C13H11BrN2O2S. The first-order valence-corrected chi connectivity index (χ1v) is 7.80. The van der Waals surface area contributed by atoms with Crippen LogP contribution in [-0.2, 0) is 10.1 Å². The lowest BCUT2D eigenvalue weighted by molar-refractivity contribution is -0.122. The Morgan fingerprint density at radius 3 is 3.11 bits per heavy atom. The van der Waals surface area contributed by atoms with Crippen LogP contribution in [-0.4, -0.2) is 17.0 Å². The molecule has 2 aromatic rings. The van der Waals surface area contributed by atoms with Crippen molar-refractivity contribution in [1.82, 2.24) is 4.98 Å². The number of thiazole rings is 1. The van der Waals surface area contributed by atoms with E-state index in [0.717, 1.165) is 21.6 Å². The molecule has 98 valence electrons. The predicted octanol–water partition coefficient (Wildman–Crippen LogP) is 3.42. The molecule has 1 N–H and O–H groups in total. The number of ether oxygens (including phenoxy) is 1. The first-order chi connectivity index (χ1) is 9.17. The Kier molecular flexibility index (Phi) is 3.28. The van der Waals surface area contributed by atoms with Crippen LogP contribution in [0.15, 0.2) is 23.6 Å². The van der Waals surface area contributed by atoms with Crippen LogP contribution in [0.25, 0.3) is 11.3 Å². The Balaban J connectivity index is 1.97. The topological polar surface area (TPSA) is 51.2 Å². The van der Waals surface area contributed by atoms with E-state index in [0.29, 0.717) is 11.4 Å². The van der Waals surface area contributed by atoms with E-state index in [1.54, 1.807) is 18.3 Å². The molecule has 0 bridgehead atoms. The average molecular weight is 339 g/mol. The summed E-state index contributed by atoms with van der Waals surface area (Å²) in [5, 5.41) is 6.63. The van der Waals surface area contributed by atoms with E-state index in [2.05, 4.69) is 26.2 Å². The lowest BCUT2D eigenvalue weighted by atomic mass is 10.1. The van der Waals surface area contributed by atoms with Crippen LogP contribution in [0.4, 0.5) is 5.69 Å². The summed E-state index contributed by atoms with van der Waals surface area (Å²) in [6.45, 7) is 1.73. The highest BCUT2D eigenvalue weighted by molar-refractivity contribution is 9.08. The van der Waals surface area contributed by atoms with Gasteiger partial charge in [-0.25, -0.2) is 4.98 Å². The van der Waals surface area contributed by atoms with Gasteiger partial charge in [-0.3, -0.25) is 4.79 Å². The maximum Gasteiger partial charge on any atom is 0.265 e. The van der Waals surface area contributed by atoms with E-state index in [4.69, 9.17) is 4.74 Å². The minimum atomic E-state index is -0.447. The molecule has 0 saturated carbocycles. The first-order valence-electron chi connectivity index (χ1n) is 5.79. The number of carbonyl (C=O) groups excluding carboxylic acids is 1. The minimum Gasteiger partial charge on any atom is -0.479 e. The Labute approximate surface area is 122 Å². The predicted molar refractivity (Wildman–Crippen MR) is 78.9 cm³/mol. The summed E-state index contributed by atoms with van der Waals surface area (Å²) in [6.07, 6.45) is -0.447. The Morgan fingerprint density at radius 1 is 1.53 bits per heavy atom. The van der Waals surface area contributed by atoms with Gasteiger partial charge in [-0.2, -0.15) is 0 Å². The van der Waals surface area contributed by atoms with Crippen molar-refractivity contribution in [3.05, 3.63) is 28.6 Å². The molecule has 1 atom stereocenters. The van der Waals surface area contributed by atoms with Gasteiger partial charge in [-0.1, -0.05) is 15.9 Å². The van der Waals surface area contributed by atoms with Crippen molar-refractivity contribution in [2.75, 3.05) is 5.32 Å². The lowest BCUT2D eigenvalue weighted by Crippen LogP contribution is -2.34. The zero-order chi connectivity index (χ0) is 13.4. The lowest BCUT2D eigenvalue weighted by Gasteiger charge is -2.23. The van der Waals surface area contributed by atoms with Gasteiger partial charge in [0.1, 0.15) is 10.8 Å². The normalized spacial score (nSPS) is 17.6. The third-order valence-corrected chi connectivity index (χ3v) is 4.62. The molecule has 0 aliphatic carbocycles. The molecule has 1 unspecified atom stereocenters. The van der Waals surface area contributed by atoms with E-state index < -0.39 is 6.10 Å². The van der Waals surface area contributed by atoms with E-state index in [1.165, 1.54) is 0 Å². The first kappa shape index (κ1) is 12.6. The maximum absolute atomic E-state index is 11.6. The Bertz CT molecular complexity index is 641. The molecule has 6 heteroatoms. The number of alkyl halides is 1. The molecule has 1 aromatic carbocycles. The van der Waals surface area contributed by atoms with Crippen molar-refractivity contribution in [1.29, 1.82) is 0 Å². The highest BCUT2D eigenvalue weighted by atomic mass is 79.9. The van der Waals surface area contributed by atoms with Gasteiger partial charge < -0.3 is 10.1 Å². The summed E-state index contributed by atoms with van der Waals surface area (Å²) in [6, 6.07) is 5.72. The maximum atomic E-state index is 11.6. The minimum absolute atomic E-state index is 0.121. The fourth-order valence-corrected chi connectivity index (χ4v) is 3.05. The summed E-state index contributed by atoms with van der Waals surface area (Å²) < 4.78 is 5.52. The molecule has 2 heterocycles. The van der Waals surface area contributed by atoms with Crippen LogP contribution < -0.4 is 10.1 Å². The van der Waals surface area contributed by atoms with Gasteiger partial charge in [-0.05, 0) is 25.1 Å². The third-order valence-electron chi connectivity index (χ3n) is 2.87. The fraction of sp³-hybridized carbons (Fsp3) is 0.231. The van der Waals surface area contributed by atoms with E-state index in [-0.39, 0.29) is 5.91 Å². The van der Waals surface area contributed by atoms with Crippen molar-refractivity contribution in [2.45, 2.75) is 18.4 Å². The molecule has 0 radical (unpaired) electrons. The Morgan fingerprint density at radius 2 is 2.37 bits per heavy atom. The average Bonchev–Trinajstić information content (AvgIpc) is 2.88. The molecule has 4 nitrogen and oxygen atoms in total. The van der Waals surface area contributed by atoms with Crippen LogP contribution in [0.2, 0.25) is 0 Å². The third kappa shape index (κ3) is 2.37. The summed E-state index contributed by atoms with van der Waals surface area (Å²) in [4.78, 5) is 16.1. The van der Waals surface area contributed by atoms with Gasteiger partial charge in [0.15, 0.2) is 6.10 Å². The largest absolute Gasteiger partial charge is 0.479 e. The second-order valence-electron chi connectivity index (χ2n) is 4.22. The van der Waals surface area contributed by atoms with Gasteiger partial charge in [0, 0.05) is 10.9 Å². The van der Waals surface area contributed by atoms with Gasteiger partial charge >= 0.3 is 0 Å². The molecule has 0 fully saturated rings. The molecule has 0 spiro atoms. The van der Waals surface area contributed by atoms with Crippen molar-refractivity contribution in [2.24, 2.45) is 0 Å². The summed E-state index contributed by atoms with van der Waals surface area (Å²) in [5.74, 6) is 0.580. The zero-order valence-corrected chi connectivity index (χ0v) is 12.5. The molecule has 19 heavy (non-hydrogen) atoms. The number of benzene rings is 1. The van der Waals surface area contributed by atoms with Crippen molar-refractivity contribution >= 4 is 38.9 Å². The number of hydrogen-bond acceptors (Lipinski definition) is 4. The number of nitrogens with zero attached hydrogens (tertiary/aromatic N) is 1. The van der Waals surface area contributed by atoms with Crippen LogP contribution in [0.1, 0.15) is 11.9 Å². The smallest absolute Gasteiger partial charge is 0.265 e. The molecule has 0 saturated heterocycles. The van der Waals surface area contributed by atoms with E-state index in [9.17, 15) is 4.79 Å². The highest BCUT2D eigenvalue weighted by Gasteiger charge is 2.23. The van der Waals surface area contributed by atoms with Crippen molar-refractivity contribution in [3.8, 4) is 17.0 Å². The zero-order valence-electron chi connectivity index (χ0n) is 10.1. The summed E-state index contributed by atoms with van der Waals surface area (Å²) in [5.41, 5.74) is 2.59. The highest BCUT2D eigenvalue weighted by Crippen LogP contribution is 2.34. The van der Waals surface area contributed by atoms with E-state index in [1.807, 2.05) is 23.6 Å². The van der Waals surface area contributed by atoms with Crippen LogP contribution >= 0.6 is 27.3 Å². The number of amides is 1. The number of fused-ring (bicyclic) bond motifs is 1. The molecule has 1 aliphatic heterocycles. The Hall–Kier alpha value is -1.40. The molecular weight excluding hydrogens is 328 g/mol. The molecule has 1 aromatic heterocycles. The van der Waals surface area contributed by atoms with Gasteiger partial charge in [-0.15, -0.1) is 11.3 Å². The number of carbonyl (C=O) groups is 1. The number of hydrogen-bond donors (Lipinski definition) is 1.